The molecular weight excluding hydrogens is 392 g/mol. The van der Waals surface area contributed by atoms with Gasteiger partial charge >= 0.3 is 12.5 Å². The SMILES string of the molecule is NC(=NCCNc1ncccc1C(F)(F)F)Nc1ccc(OC(F)(F)F)cc1. The lowest BCUT2D eigenvalue weighted by Crippen LogP contribution is -2.24. The molecule has 2 rings (SSSR count). The Morgan fingerprint density at radius 2 is 1.75 bits per heavy atom. The predicted octanol–water partition coefficient (Wildman–Crippen LogP) is 3.84. The first-order chi connectivity index (χ1) is 13.0. The zero-order valence-electron chi connectivity index (χ0n) is 14.1. The van der Waals surface area contributed by atoms with E-state index in [1.165, 1.54) is 24.4 Å². The zero-order chi connectivity index (χ0) is 20.8. The Balaban J connectivity index is 1.85. The highest BCUT2D eigenvalue weighted by Crippen LogP contribution is 2.33. The standard InChI is InChI=1S/C16H15F6N5O/c17-15(18,19)12-2-1-7-24-13(12)25-8-9-26-14(23)27-10-3-5-11(6-4-10)28-16(20,21)22/h1-7H,8-9H2,(H,24,25)(H3,23,26,27). The van der Waals surface area contributed by atoms with Crippen LogP contribution in [0.3, 0.4) is 0 Å². The van der Waals surface area contributed by atoms with Gasteiger partial charge in [-0.25, -0.2) is 4.98 Å². The monoisotopic (exact) mass is 407 g/mol. The highest BCUT2D eigenvalue weighted by atomic mass is 19.4. The summed E-state index contributed by atoms with van der Waals surface area (Å²) >= 11 is 0. The van der Waals surface area contributed by atoms with Gasteiger partial charge in [-0.1, -0.05) is 0 Å². The molecule has 12 heteroatoms. The third-order valence-electron chi connectivity index (χ3n) is 3.16. The maximum Gasteiger partial charge on any atom is 0.573 e. The van der Waals surface area contributed by atoms with E-state index >= 15 is 0 Å². The van der Waals surface area contributed by atoms with Crippen molar-refractivity contribution in [1.29, 1.82) is 0 Å². The van der Waals surface area contributed by atoms with Gasteiger partial charge in [0.05, 0.1) is 12.1 Å². The smallest absolute Gasteiger partial charge is 0.406 e. The van der Waals surface area contributed by atoms with Gasteiger partial charge in [-0.3, -0.25) is 4.99 Å². The van der Waals surface area contributed by atoms with Crippen molar-refractivity contribution in [3.8, 4) is 5.75 Å². The van der Waals surface area contributed by atoms with E-state index < -0.39 is 23.9 Å². The van der Waals surface area contributed by atoms with E-state index in [4.69, 9.17) is 5.73 Å². The second-order valence-electron chi connectivity index (χ2n) is 5.29. The summed E-state index contributed by atoms with van der Waals surface area (Å²) in [5.74, 6) is -0.783. The molecule has 0 fully saturated rings. The van der Waals surface area contributed by atoms with Crippen LogP contribution in [0.5, 0.6) is 5.75 Å². The lowest BCUT2D eigenvalue weighted by atomic mass is 10.2. The number of aliphatic imine (C=N–C) groups is 1. The van der Waals surface area contributed by atoms with Crippen LogP contribution in [0, 0.1) is 0 Å². The second kappa shape index (κ2) is 8.67. The molecule has 0 aliphatic heterocycles. The minimum Gasteiger partial charge on any atom is -0.406 e. The van der Waals surface area contributed by atoms with Crippen LogP contribution in [-0.4, -0.2) is 30.4 Å². The Labute approximate surface area is 155 Å². The molecular formula is C16H15F6N5O. The molecule has 152 valence electrons. The Morgan fingerprint density at radius 1 is 1.07 bits per heavy atom. The summed E-state index contributed by atoms with van der Waals surface area (Å²) in [5, 5.41) is 5.16. The average molecular weight is 407 g/mol. The maximum atomic E-state index is 12.8. The summed E-state index contributed by atoms with van der Waals surface area (Å²) in [6.45, 7) is 0.0583. The number of alkyl halides is 6. The zero-order valence-corrected chi connectivity index (χ0v) is 14.1. The largest absolute Gasteiger partial charge is 0.573 e. The fourth-order valence-corrected chi connectivity index (χ4v) is 2.05. The minimum absolute atomic E-state index is 0.0286. The van der Waals surface area contributed by atoms with Gasteiger partial charge in [0.1, 0.15) is 11.6 Å². The van der Waals surface area contributed by atoms with Crippen LogP contribution in [0.1, 0.15) is 5.56 Å². The molecule has 6 nitrogen and oxygen atoms in total. The molecule has 0 bridgehead atoms. The van der Waals surface area contributed by atoms with Gasteiger partial charge in [-0.05, 0) is 36.4 Å². The van der Waals surface area contributed by atoms with E-state index in [1.54, 1.807) is 0 Å². The number of nitrogens with one attached hydrogen (secondary N) is 2. The number of ether oxygens (including phenoxy) is 1. The van der Waals surface area contributed by atoms with E-state index in [0.29, 0.717) is 5.69 Å². The van der Waals surface area contributed by atoms with Crippen molar-refractivity contribution in [3.05, 3.63) is 48.2 Å². The summed E-state index contributed by atoms with van der Waals surface area (Å²) in [6, 6.07) is 6.85. The first kappa shape index (κ1) is 21.1. The molecule has 2 aromatic rings. The molecule has 0 radical (unpaired) electrons. The minimum atomic E-state index is -4.79. The van der Waals surface area contributed by atoms with Crippen molar-refractivity contribution < 1.29 is 31.1 Å². The van der Waals surface area contributed by atoms with Crippen LogP contribution >= 0.6 is 0 Å². The maximum absolute atomic E-state index is 12.8. The number of pyridine rings is 1. The number of anilines is 2. The van der Waals surface area contributed by atoms with Crippen LogP contribution < -0.4 is 21.1 Å². The number of aromatic nitrogens is 1. The van der Waals surface area contributed by atoms with Crippen LogP contribution in [0.25, 0.3) is 0 Å². The fraction of sp³-hybridized carbons (Fsp3) is 0.250. The molecule has 0 unspecified atom stereocenters. The third-order valence-corrected chi connectivity index (χ3v) is 3.16. The van der Waals surface area contributed by atoms with Gasteiger partial charge in [0, 0.05) is 18.4 Å². The summed E-state index contributed by atoms with van der Waals surface area (Å²) in [6.07, 6.45) is -8.10. The van der Waals surface area contributed by atoms with Gasteiger partial charge in [0.25, 0.3) is 0 Å². The topological polar surface area (TPSA) is 84.6 Å². The molecule has 0 amide bonds. The van der Waals surface area contributed by atoms with Crippen LogP contribution in [0.15, 0.2) is 47.6 Å². The molecule has 1 aromatic heterocycles. The number of hydrogen-bond donors (Lipinski definition) is 3. The molecule has 28 heavy (non-hydrogen) atoms. The molecule has 0 atom stereocenters. The average Bonchev–Trinajstić information content (AvgIpc) is 2.59. The Hall–Kier alpha value is -3.18. The number of rotatable bonds is 6. The van der Waals surface area contributed by atoms with E-state index in [-0.39, 0.29) is 24.9 Å². The Kier molecular flexibility index (Phi) is 6.54. The van der Waals surface area contributed by atoms with Crippen LogP contribution in [0.2, 0.25) is 0 Å². The summed E-state index contributed by atoms with van der Waals surface area (Å²) in [4.78, 5) is 7.55. The van der Waals surface area contributed by atoms with Gasteiger partial charge < -0.3 is 21.1 Å². The fourth-order valence-electron chi connectivity index (χ4n) is 2.05. The molecule has 0 aliphatic carbocycles. The number of guanidine groups is 1. The first-order valence-corrected chi connectivity index (χ1v) is 7.73. The second-order valence-corrected chi connectivity index (χ2v) is 5.29. The van der Waals surface area contributed by atoms with E-state index in [1.807, 2.05) is 0 Å². The Bertz CT molecular complexity index is 804. The summed E-state index contributed by atoms with van der Waals surface area (Å²) in [5.41, 5.74) is 5.09. The molecule has 0 saturated heterocycles. The molecule has 0 spiro atoms. The number of halogens is 6. The molecule has 0 saturated carbocycles. The van der Waals surface area contributed by atoms with Crippen molar-refractivity contribution >= 4 is 17.5 Å². The van der Waals surface area contributed by atoms with E-state index in [9.17, 15) is 26.3 Å². The van der Waals surface area contributed by atoms with Gasteiger partial charge in [0.15, 0.2) is 5.96 Å². The predicted molar refractivity (Wildman–Crippen MR) is 91.0 cm³/mol. The normalized spacial score (nSPS) is 12.6. The third kappa shape index (κ3) is 6.85. The van der Waals surface area contributed by atoms with Crippen molar-refractivity contribution in [2.75, 3.05) is 23.7 Å². The number of nitrogens with zero attached hydrogens (tertiary/aromatic N) is 2. The number of nitrogens with two attached hydrogens (primary N) is 1. The molecule has 1 aromatic carbocycles. The highest BCUT2D eigenvalue weighted by molar-refractivity contribution is 5.92. The quantitative estimate of drug-likeness (QED) is 0.293. The molecule has 1 heterocycles. The number of hydrogen-bond acceptors (Lipinski definition) is 4. The number of benzene rings is 1. The van der Waals surface area contributed by atoms with Crippen LogP contribution in [0.4, 0.5) is 37.8 Å². The van der Waals surface area contributed by atoms with Crippen molar-refractivity contribution in [2.45, 2.75) is 12.5 Å². The summed E-state index contributed by atoms with van der Waals surface area (Å²) in [7, 11) is 0. The van der Waals surface area contributed by atoms with Crippen molar-refractivity contribution in [1.82, 2.24) is 4.98 Å². The van der Waals surface area contributed by atoms with Gasteiger partial charge in [0.2, 0.25) is 0 Å². The van der Waals surface area contributed by atoms with Crippen LogP contribution in [-0.2, 0) is 6.18 Å². The highest BCUT2D eigenvalue weighted by Gasteiger charge is 2.34. The van der Waals surface area contributed by atoms with Crippen molar-refractivity contribution in [2.24, 2.45) is 10.7 Å². The van der Waals surface area contributed by atoms with Crippen molar-refractivity contribution in [3.63, 3.8) is 0 Å². The first-order valence-electron chi connectivity index (χ1n) is 7.73. The van der Waals surface area contributed by atoms with Gasteiger partial charge in [-0.2, -0.15) is 13.2 Å². The lowest BCUT2D eigenvalue weighted by molar-refractivity contribution is -0.274. The lowest BCUT2D eigenvalue weighted by Gasteiger charge is -2.12. The Morgan fingerprint density at radius 3 is 2.36 bits per heavy atom. The molecule has 0 aliphatic rings. The molecule has 4 N–H and O–H groups in total. The summed E-state index contributed by atoms with van der Waals surface area (Å²) < 4.78 is 78.5. The van der Waals surface area contributed by atoms with Gasteiger partial charge in [-0.15, -0.1) is 13.2 Å². The van der Waals surface area contributed by atoms with E-state index in [2.05, 4.69) is 25.3 Å². The van der Waals surface area contributed by atoms with E-state index in [0.717, 1.165) is 18.2 Å².